The summed E-state index contributed by atoms with van der Waals surface area (Å²) in [6.45, 7) is 0. The van der Waals surface area contributed by atoms with Gasteiger partial charge in [0, 0.05) is 0 Å². The van der Waals surface area contributed by atoms with Crippen LogP contribution < -0.4 is 0 Å². The Hall–Kier alpha value is -0.680. The third kappa shape index (κ3) is 4.22. The highest BCUT2D eigenvalue weighted by Gasteiger charge is 2.27. The first-order valence-corrected chi connectivity index (χ1v) is 2.06. The minimum atomic E-state index is -5.01. The van der Waals surface area contributed by atoms with Gasteiger partial charge < -0.3 is 0 Å². The molecule has 0 aromatic heterocycles. The van der Waals surface area contributed by atoms with Gasteiger partial charge in [-0.3, -0.25) is 0 Å². The van der Waals surface area contributed by atoms with E-state index in [0.29, 0.717) is 0 Å². The summed E-state index contributed by atoms with van der Waals surface area (Å²) in [5.41, 5.74) is 0. The van der Waals surface area contributed by atoms with Crippen molar-refractivity contribution in [3.05, 3.63) is 11.9 Å². The van der Waals surface area contributed by atoms with Crippen LogP contribution in [0.5, 0.6) is 0 Å². The zero-order valence-corrected chi connectivity index (χ0v) is 4.42. The van der Waals surface area contributed by atoms with Crippen LogP contribution in [0.1, 0.15) is 0 Å². The third-order valence-corrected chi connectivity index (χ3v) is 0.510. The average Bonchev–Trinajstić information content (AvgIpc) is 1.60. The molecule has 6 heteroatoms. The van der Waals surface area contributed by atoms with Gasteiger partial charge in [0.25, 0.3) is 6.43 Å². The van der Waals surface area contributed by atoms with Gasteiger partial charge in [0.1, 0.15) is 0 Å². The number of alkyl halides is 5. The van der Waals surface area contributed by atoms with E-state index in [1.807, 2.05) is 0 Å². The Morgan fingerprint density at radius 2 is 1.60 bits per heavy atom. The number of hydrogen-bond donors (Lipinski definition) is 0. The molecule has 10 heavy (non-hydrogen) atoms. The van der Waals surface area contributed by atoms with Gasteiger partial charge in [0.2, 0.25) is 0 Å². The number of hydrogen-bond acceptors (Lipinski definition) is 0. The van der Waals surface area contributed by atoms with Crippen molar-refractivity contribution in [3.8, 4) is 0 Å². The lowest BCUT2D eigenvalue weighted by Gasteiger charge is -1.98. The maximum absolute atomic E-state index is 11.4. The molecule has 0 aromatic rings. The largest absolute Gasteiger partial charge is 0.412 e. The maximum atomic E-state index is 11.4. The molecule has 60 valence electrons. The van der Waals surface area contributed by atoms with Crippen LogP contribution >= 0.6 is 0 Å². The van der Waals surface area contributed by atoms with Crippen LogP contribution in [0, 0.1) is 0 Å². The van der Waals surface area contributed by atoms with Gasteiger partial charge in [-0.1, -0.05) is 0 Å². The van der Waals surface area contributed by atoms with Crippen molar-refractivity contribution in [1.82, 2.24) is 0 Å². The maximum Gasteiger partial charge on any atom is 0.412 e. The molecule has 0 saturated carbocycles. The molecule has 0 N–H and O–H groups in total. The van der Waals surface area contributed by atoms with Crippen molar-refractivity contribution in [2.45, 2.75) is 12.6 Å². The fraction of sp³-hybridized carbons (Fsp3) is 0.500. The van der Waals surface area contributed by atoms with Crippen LogP contribution in [0.3, 0.4) is 0 Å². The molecule has 0 heterocycles. The van der Waals surface area contributed by atoms with E-state index in [4.69, 9.17) is 0 Å². The van der Waals surface area contributed by atoms with Gasteiger partial charge in [-0.25, -0.2) is 13.2 Å². The standard InChI is InChI=1S/C4H2F6/c5-2(3(6)7)1-4(8,9)10/h1,3H/b2-1-. The van der Waals surface area contributed by atoms with Crippen LogP contribution in [-0.2, 0) is 0 Å². The van der Waals surface area contributed by atoms with Crippen molar-refractivity contribution >= 4 is 0 Å². The molecule has 0 radical (unpaired) electrons. The average molecular weight is 164 g/mol. The minimum Gasteiger partial charge on any atom is -0.205 e. The molecule has 0 aliphatic rings. The van der Waals surface area contributed by atoms with Crippen LogP contribution in [-0.4, -0.2) is 12.6 Å². The van der Waals surface area contributed by atoms with E-state index < -0.39 is 24.5 Å². The summed E-state index contributed by atoms with van der Waals surface area (Å²) in [7, 11) is 0. The first-order chi connectivity index (χ1) is 4.33. The fourth-order valence-electron chi connectivity index (χ4n) is 0.219. The molecule has 0 rings (SSSR count). The van der Waals surface area contributed by atoms with Gasteiger partial charge in [-0.15, -0.1) is 0 Å². The van der Waals surface area contributed by atoms with Crippen LogP contribution in [0.4, 0.5) is 26.3 Å². The number of allylic oxidation sites excluding steroid dienone is 2. The van der Waals surface area contributed by atoms with Crippen molar-refractivity contribution in [2.24, 2.45) is 0 Å². The first-order valence-electron chi connectivity index (χ1n) is 2.06. The summed E-state index contributed by atoms with van der Waals surface area (Å²) in [4.78, 5) is 0. The normalized spacial score (nSPS) is 14.5. The minimum absolute atomic E-state index is 1.07. The molecule has 0 fully saturated rings. The summed E-state index contributed by atoms with van der Waals surface area (Å²) in [6.07, 6.45) is -9.78. The van der Waals surface area contributed by atoms with Gasteiger partial charge in [0.15, 0.2) is 5.83 Å². The molecule has 0 spiro atoms. The van der Waals surface area contributed by atoms with Gasteiger partial charge in [-0.05, 0) is 0 Å². The predicted octanol–water partition coefficient (Wildman–Crippen LogP) is 2.67. The summed E-state index contributed by atoms with van der Waals surface area (Å²) in [5.74, 6) is -2.47. The summed E-state index contributed by atoms with van der Waals surface area (Å²) < 4.78 is 66.5. The lowest BCUT2D eigenvalue weighted by molar-refractivity contribution is -0.0829. The van der Waals surface area contributed by atoms with Crippen molar-refractivity contribution in [1.29, 1.82) is 0 Å². The Bertz CT molecular complexity index is 131. The first kappa shape index (κ1) is 9.32. The van der Waals surface area contributed by atoms with E-state index in [0.717, 1.165) is 0 Å². The Morgan fingerprint density at radius 3 is 1.70 bits per heavy atom. The topological polar surface area (TPSA) is 0 Å². The Kier molecular flexibility index (Phi) is 2.74. The van der Waals surface area contributed by atoms with E-state index >= 15 is 0 Å². The number of halogens is 6. The van der Waals surface area contributed by atoms with Gasteiger partial charge >= 0.3 is 6.18 Å². The summed E-state index contributed by atoms with van der Waals surface area (Å²) in [5, 5.41) is 0. The second-order valence-corrected chi connectivity index (χ2v) is 1.37. The zero-order chi connectivity index (χ0) is 8.36. The Labute approximate surface area is 52.1 Å². The van der Waals surface area contributed by atoms with Gasteiger partial charge in [0.05, 0.1) is 6.08 Å². The second kappa shape index (κ2) is 2.94. The van der Waals surface area contributed by atoms with E-state index in [1.54, 1.807) is 0 Å². The zero-order valence-electron chi connectivity index (χ0n) is 4.42. The SMILES string of the molecule is F/C(=C\C(F)(F)F)C(F)F. The van der Waals surface area contributed by atoms with Crippen LogP contribution in [0.15, 0.2) is 11.9 Å². The molecule has 0 atom stereocenters. The molecular weight excluding hydrogens is 162 g/mol. The van der Waals surface area contributed by atoms with E-state index in [2.05, 4.69) is 0 Å². The van der Waals surface area contributed by atoms with Crippen molar-refractivity contribution < 1.29 is 26.3 Å². The van der Waals surface area contributed by atoms with Crippen LogP contribution in [0.25, 0.3) is 0 Å². The molecule has 0 aromatic carbocycles. The Balaban J connectivity index is 4.17. The summed E-state index contributed by atoms with van der Waals surface area (Å²) in [6, 6.07) is 0. The van der Waals surface area contributed by atoms with E-state index in [9.17, 15) is 26.3 Å². The molecule has 0 bridgehead atoms. The monoisotopic (exact) mass is 164 g/mol. The molecule has 0 unspecified atom stereocenters. The molecule has 0 nitrogen and oxygen atoms in total. The second-order valence-electron chi connectivity index (χ2n) is 1.37. The highest BCUT2D eigenvalue weighted by atomic mass is 19.4. The molecule has 0 aliphatic carbocycles. The third-order valence-electron chi connectivity index (χ3n) is 0.510. The predicted molar refractivity (Wildman–Crippen MR) is 21.2 cm³/mol. The smallest absolute Gasteiger partial charge is 0.205 e. The lowest BCUT2D eigenvalue weighted by Crippen LogP contribution is -2.05. The summed E-state index contributed by atoms with van der Waals surface area (Å²) >= 11 is 0. The van der Waals surface area contributed by atoms with Crippen LogP contribution in [0.2, 0.25) is 0 Å². The molecular formula is C4H2F6. The lowest BCUT2D eigenvalue weighted by atomic mass is 10.5. The van der Waals surface area contributed by atoms with Crippen molar-refractivity contribution in [2.75, 3.05) is 0 Å². The number of rotatable bonds is 1. The quantitative estimate of drug-likeness (QED) is 0.522. The highest BCUT2D eigenvalue weighted by molar-refractivity contribution is 4.98. The molecule has 0 amide bonds. The van der Waals surface area contributed by atoms with E-state index in [-0.39, 0.29) is 0 Å². The molecule has 0 saturated heterocycles. The molecule has 0 aliphatic heterocycles. The Morgan fingerprint density at radius 1 is 1.20 bits per heavy atom. The van der Waals surface area contributed by atoms with Gasteiger partial charge in [-0.2, -0.15) is 13.2 Å². The fourth-order valence-corrected chi connectivity index (χ4v) is 0.219. The highest BCUT2D eigenvalue weighted by Crippen LogP contribution is 2.21. The van der Waals surface area contributed by atoms with Crippen molar-refractivity contribution in [3.63, 3.8) is 0 Å². The van der Waals surface area contributed by atoms with E-state index in [1.165, 1.54) is 0 Å².